The van der Waals surface area contributed by atoms with Crippen LogP contribution in [0.15, 0.2) is 52.1 Å². The zero-order chi connectivity index (χ0) is 18.0. The second-order valence-electron chi connectivity index (χ2n) is 5.37. The van der Waals surface area contributed by atoms with Gasteiger partial charge in [-0.3, -0.25) is 19.5 Å². The fourth-order valence-electron chi connectivity index (χ4n) is 2.41. The molecule has 1 aromatic heterocycles. The average molecular weight is 362 g/mol. The van der Waals surface area contributed by atoms with Crippen LogP contribution in [0.4, 0.5) is 10.1 Å². The van der Waals surface area contributed by atoms with Gasteiger partial charge in [-0.05, 0) is 30.3 Å². The molecular formula is C17H13ClFN3O3. The number of nitrogens with zero attached hydrogens (tertiary/aromatic N) is 1. The predicted molar refractivity (Wildman–Crippen MR) is 93.5 cm³/mol. The molecule has 0 saturated heterocycles. The molecule has 0 bridgehead atoms. The first-order valence-electron chi connectivity index (χ1n) is 7.42. The lowest BCUT2D eigenvalue weighted by molar-refractivity contribution is -0.116. The Labute approximate surface area is 145 Å². The van der Waals surface area contributed by atoms with Crippen LogP contribution in [0.25, 0.3) is 10.8 Å². The van der Waals surface area contributed by atoms with E-state index in [0.717, 1.165) is 10.7 Å². The minimum atomic E-state index is -0.583. The lowest BCUT2D eigenvalue weighted by Gasteiger charge is -2.08. The van der Waals surface area contributed by atoms with Gasteiger partial charge in [0.2, 0.25) is 5.91 Å². The van der Waals surface area contributed by atoms with Gasteiger partial charge in [0.25, 0.3) is 11.1 Å². The van der Waals surface area contributed by atoms with Crippen LogP contribution < -0.4 is 16.4 Å². The van der Waals surface area contributed by atoms with E-state index in [-0.39, 0.29) is 28.9 Å². The number of carbonyl (C=O) groups is 1. The van der Waals surface area contributed by atoms with Crippen molar-refractivity contribution in [3.05, 3.63) is 74.0 Å². The van der Waals surface area contributed by atoms with E-state index in [9.17, 15) is 18.8 Å². The molecule has 25 heavy (non-hydrogen) atoms. The lowest BCUT2D eigenvalue weighted by Crippen LogP contribution is -2.31. The van der Waals surface area contributed by atoms with Gasteiger partial charge in [-0.1, -0.05) is 23.7 Å². The number of nitrogens with one attached hydrogen (secondary N) is 2. The van der Waals surface area contributed by atoms with Crippen molar-refractivity contribution in [2.75, 3.05) is 5.32 Å². The van der Waals surface area contributed by atoms with Crippen molar-refractivity contribution in [2.24, 2.45) is 0 Å². The first-order valence-corrected chi connectivity index (χ1v) is 7.80. The van der Waals surface area contributed by atoms with Gasteiger partial charge in [-0.25, -0.2) is 9.07 Å². The number of benzene rings is 2. The molecule has 0 saturated carbocycles. The number of hydrogen-bond acceptors (Lipinski definition) is 3. The number of H-pyrrole nitrogens is 1. The van der Waals surface area contributed by atoms with E-state index < -0.39 is 17.3 Å². The summed E-state index contributed by atoms with van der Waals surface area (Å²) in [7, 11) is 0. The van der Waals surface area contributed by atoms with E-state index in [1.54, 1.807) is 24.3 Å². The molecule has 1 heterocycles. The van der Waals surface area contributed by atoms with Crippen molar-refractivity contribution in [3.8, 4) is 0 Å². The van der Waals surface area contributed by atoms with Crippen LogP contribution in [0, 0.1) is 5.82 Å². The number of anilines is 1. The number of rotatable bonds is 4. The zero-order valence-corrected chi connectivity index (χ0v) is 13.6. The van der Waals surface area contributed by atoms with Gasteiger partial charge in [0.15, 0.2) is 0 Å². The van der Waals surface area contributed by atoms with Gasteiger partial charge in [-0.15, -0.1) is 0 Å². The van der Waals surface area contributed by atoms with Crippen LogP contribution in [-0.4, -0.2) is 15.7 Å². The number of hydrogen-bond donors (Lipinski definition) is 2. The number of amides is 1. The Balaban J connectivity index is 1.75. The highest BCUT2D eigenvalue weighted by Gasteiger charge is 2.09. The third-order valence-electron chi connectivity index (χ3n) is 3.65. The Morgan fingerprint density at radius 1 is 1.16 bits per heavy atom. The minimum absolute atomic E-state index is 0.000330. The fraction of sp³-hybridized carbons (Fsp3) is 0.118. The first-order chi connectivity index (χ1) is 12.0. The molecule has 0 aliphatic heterocycles. The van der Waals surface area contributed by atoms with E-state index in [0.29, 0.717) is 11.1 Å². The molecule has 0 fully saturated rings. The van der Waals surface area contributed by atoms with Crippen molar-refractivity contribution >= 4 is 34.0 Å². The highest BCUT2D eigenvalue weighted by Crippen LogP contribution is 2.19. The first kappa shape index (κ1) is 16.9. The smallest absolute Gasteiger partial charge is 0.273 e. The highest BCUT2D eigenvalue weighted by atomic mass is 35.5. The third kappa shape index (κ3) is 3.61. The summed E-state index contributed by atoms with van der Waals surface area (Å²) in [6.45, 7) is -0.000330. The van der Waals surface area contributed by atoms with Gasteiger partial charge in [0, 0.05) is 12.1 Å². The van der Waals surface area contributed by atoms with E-state index in [1.807, 2.05) is 0 Å². The van der Waals surface area contributed by atoms with Gasteiger partial charge in [-0.2, -0.15) is 0 Å². The van der Waals surface area contributed by atoms with Crippen LogP contribution in [0.1, 0.15) is 6.42 Å². The summed E-state index contributed by atoms with van der Waals surface area (Å²) in [5.74, 6) is -0.983. The van der Waals surface area contributed by atoms with E-state index in [1.165, 1.54) is 12.1 Å². The maximum absolute atomic E-state index is 13.1. The van der Waals surface area contributed by atoms with Gasteiger partial charge < -0.3 is 5.32 Å². The molecule has 2 aromatic carbocycles. The number of fused-ring (bicyclic) bond motifs is 1. The monoisotopic (exact) mass is 361 g/mol. The summed E-state index contributed by atoms with van der Waals surface area (Å²) in [4.78, 5) is 36.3. The fourth-order valence-corrected chi connectivity index (χ4v) is 2.60. The molecule has 3 rings (SSSR count). The molecule has 0 unspecified atom stereocenters. The topological polar surface area (TPSA) is 84.0 Å². The second kappa shape index (κ2) is 6.90. The van der Waals surface area contributed by atoms with Gasteiger partial charge in [0.1, 0.15) is 5.82 Å². The van der Waals surface area contributed by atoms with E-state index in [4.69, 9.17) is 11.6 Å². The maximum atomic E-state index is 13.1. The number of aryl methyl sites for hydroxylation is 1. The van der Waals surface area contributed by atoms with E-state index in [2.05, 4.69) is 10.4 Å². The molecule has 0 spiro atoms. The molecule has 1 amide bonds. The molecule has 8 heteroatoms. The second-order valence-corrected chi connectivity index (χ2v) is 5.78. The molecular weight excluding hydrogens is 349 g/mol. The summed E-state index contributed by atoms with van der Waals surface area (Å²) in [5, 5.41) is 5.49. The molecule has 2 N–H and O–H groups in total. The average Bonchev–Trinajstić information content (AvgIpc) is 2.60. The van der Waals surface area contributed by atoms with Crippen molar-refractivity contribution in [3.63, 3.8) is 0 Å². The van der Waals surface area contributed by atoms with Gasteiger partial charge >= 0.3 is 0 Å². The standard InChI is InChI=1S/C17H13ClFN3O3/c18-13-9-10(5-6-14(13)19)20-15(23)7-8-22-17(25)12-4-2-1-3-11(12)16(24)21-22/h1-6,9H,7-8H2,(H,20,23)(H,21,24). The molecule has 3 aromatic rings. The SMILES string of the molecule is O=C(CCn1[nH]c(=O)c2ccccc2c1=O)Nc1ccc(F)c(Cl)c1. The summed E-state index contributed by atoms with van der Waals surface area (Å²) in [5.41, 5.74) is -0.440. The molecule has 0 aliphatic rings. The van der Waals surface area contributed by atoms with Crippen molar-refractivity contribution in [1.82, 2.24) is 9.78 Å². The highest BCUT2D eigenvalue weighted by molar-refractivity contribution is 6.31. The molecule has 6 nitrogen and oxygen atoms in total. The lowest BCUT2D eigenvalue weighted by atomic mass is 10.2. The quantitative estimate of drug-likeness (QED) is 0.749. The van der Waals surface area contributed by atoms with Crippen LogP contribution in [0.3, 0.4) is 0 Å². The Kier molecular flexibility index (Phi) is 4.67. The minimum Gasteiger partial charge on any atom is -0.326 e. The van der Waals surface area contributed by atoms with Crippen molar-refractivity contribution in [1.29, 1.82) is 0 Å². The van der Waals surface area contributed by atoms with Gasteiger partial charge in [0.05, 0.1) is 22.3 Å². The predicted octanol–water partition coefficient (Wildman–Crippen LogP) is 2.51. The number of halogens is 2. The number of aromatic amines is 1. The number of aromatic nitrogens is 2. The Morgan fingerprint density at radius 2 is 1.88 bits per heavy atom. The van der Waals surface area contributed by atoms with Crippen molar-refractivity contribution < 1.29 is 9.18 Å². The van der Waals surface area contributed by atoms with Crippen LogP contribution in [0.5, 0.6) is 0 Å². The van der Waals surface area contributed by atoms with Crippen LogP contribution in [-0.2, 0) is 11.3 Å². The Morgan fingerprint density at radius 3 is 2.60 bits per heavy atom. The van der Waals surface area contributed by atoms with E-state index >= 15 is 0 Å². The summed E-state index contributed by atoms with van der Waals surface area (Å²) < 4.78 is 14.2. The zero-order valence-electron chi connectivity index (χ0n) is 12.9. The summed E-state index contributed by atoms with van der Waals surface area (Å²) in [6, 6.07) is 10.3. The summed E-state index contributed by atoms with van der Waals surface area (Å²) >= 11 is 5.65. The molecule has 128 valence electrons. The molecule has 0 radical (unpaired) electrons. The molecule has 0 atom stereocenters. The van der Waals surface area contributed by atoms with Crippen LogP contribution in [0.2, 0.25) is 5.02 Å². The Hall–Kier alpha value is -2.93. The third-order valence-corrected chi connectivity index (χ3v) is 3.94. The number of carbonyl (C=O) groups excluding carboxylic acids is 1. The maximum Gasteiger partial charge on any atom is 0.273 e. The normalized spacial score (nSPS) is 10.8. The summed E-state index contributed by atoms with van der Waals surface area (Å²) in [6.07, 6.45) is -0.0524. The van der Waals surface area contributed by atoms with Crippen LogP contribution >= 0.6 is 11.6 Å². The van der Waals surface area contributed by atoms with Crippen molar-refractivity contribution in [2.45, 2.75) is 13.0 Å². The molecule has 0 aliphatic carbocycles. The largest absolute Gasteiger partial charge is 0.326 e. The Bertz CT molecular complexity index is 1070.